The lowest BCUT2D eigenvalue weighted by Gasteiger charge is -2.22. The molecule has 0 aliphatic carbocycles. The topological polar surface area (TPSA) is 107 Å². The molecule has 1 saturated heterocycles. The highest BCUT2D eigenvalue weighted by Gasteiger charge is 2.49. The lowest BCUT2D eigenvalue weighted by Crippen LogP contribution is -2.42. The number of carbonyl (C=O) groups excluding carboxylic acids is 3. The maximum absolute atomic E-state index is 13.0. The van der Waals surface area contributed by atoms with Gasteiger partial charge in [-0.05, 0) is 48.9 Å². The summed E-state index contributed by atoms with van der Waals surface area (Å²) in [4.78, 5) is 47.7. The number of benzene rings is 3. The van der Waals surface area contributed by atoms with Crippen LogP contribution in [-0.2, 0) is 15.1 Å². The van der Waals surface area contributed by atoms with E-state index in [1.165, 1.54) is 11.8 Å². The normalized spacial score (nSPS) is 17.7. The highest BCUT2D eigenvalue weighted by Crippen LogP contribution is 2.29. The molecule has 3 N–H and O–H groups in total. The smallest absolute Gasteiger partial charge is 0.325 e. The molecule has 1 atom stereocenters. The van der Waals surface area contributed by atoms with E-state index in [1.54, 1.807) is 43.3 Å². The van der Waals surface area contributed by atoms with Gasteiger partial charge < -0.3 is 15.6 Å². The van der Waals surface area contributed by atoms with Gasteiger partial charge in [-0.1, -0.05) is 54.2 Å². The second kappa shape index (κ2) is 8.68. The summed E-state index contributed by atoms with van der Waals surface area (Å²) >= 11 is 1.48. The van der Waals surface area contributed by atoms with Crippen LogP contribution in [0.15, 0.2) is 88.9 Å². The van der Waals surface area contributed by atoms with Crippen molar-refractivity contribution in [1.29, 1.82) is 0 Å². The molecule has 0 bridgehead atoms. The van der Waals surface area contributed by atoms with Crippen molar-refractivity contribution in [3.05, 3.63) is 84.4 Å². The number of hydrogen-bond donors (Lipinski definition) is 3. The van der Waals surface area contributed by atoms with Crippen molar-refractivity contribution < 1.29 is 14.4 Å². The van der Waals surface area contributed by atoms with Crippen molar-refractivity contribution in [3.63, 3.8) is 0 Å². The summed E-state index contributed by atoms with van der Waals surface area (Å²) in [7, 11) is 0. The van der Waals surface area contributed by atoms with Gasteiger partial charge >= 0.3 is 6.03 Å². The number of imidazole rings is 1. The fourth-order valence-corrected chi connectivity index (χ4v) is 4.65. The number of aromatic nitrogens is 2. The second-order valence-corrected chi connectivity index (χ2v) is 9.11. The van der Waals surface area contributed by atoms with E-state index in [-0.39, 0.29) is 6.54 Å². The molecule has 4 aromatic rings. The molecule has 1 aliphatic rings. The van der Waals surface area contributed by atoms with Gasteiger partial charge in [0.15, 0.2) is 5.16 Å². The van der Waals surface area contributed by atoms with Crippen LogP contribution < -0.4 is 10.6 Å². The first-order valence-corrected chi connectivity index (χ1v) is 11.5. The Bertz CT molecular complexity index is 1350. The molecule has 0 radical (unpaired) electrons. The zero-order valence-corrected chi connectivity index (χ0v) is 19.1. The van der Waals surface area contributed by atoms with Gasteiger partial charge in [-0.3, -0.25) is 14.5 Å². The maximum Gasteiger partial charge on any atom is 0.325 e. The second-order valence-electron chi connectivity index (χ2n) is 8.05. The SMILES string of the molecule is C[C@]1(c2ccccc2)NC(=O)N(CC(=O)Nc2ccc(Sc3nc4ccccc4[nH]3)cc2)C1=O. The van der Waals surface area contributed by atoms with Crippen LogP contribution in [0.3, 0.4) is 0 Å². The predicted molar refractivity (Wildman–Crippen MR) is 129 cm³/mol. The Hall–Kier alpha value is -4.11. The number of urea groups is 1. The van der Waals surface area contributed by atoms with Crippen LogP contribution in [0.25, 0.3) is 11.0 Å². The molecule has 3 aromatic carbocycles. The first-order chi connectivity index (χ1) is 16.4. The molecule has 0 spiro atoms. The fraction of sp³-hybridized carbons (Fsp3) is 0.120. The third-order valence-corrected chi connectivity index (χ3v) is 6.54. The van der Waals surface area contributed by atoms with Gasteiger partial charge in [0, 0.05) is 10.6 Å². The molecule has 0 saturated carbocycles. The number of hydrogen-bond acceptors (Lipinski definition) is 5. The van der Waals surface area contributed by atoms with Crippen molar-refractivity contribution in [2.45, 2.75) is 22.5 Å². The minimum atomic E-state index is -1.20. The number of aromatic amines is 1. The van der Waals surface area contributed by atoms with Gasteiger partial charge in [-0.15, -0.1) is 0 Å². The van der Waals surface area contributed by atoms with Gasteiger partial charge in [0.05, 0.1) is 11.0 Å². The van der Waals surface area contributed by atoms with E-state index in [1.807, 2.05) is 42.5 Å². The number of fused-ring (bicyclic) bond motifs is 1. The van der Waals surface area contributed by atoms with Crippen molar-refractivity contribution in [2.24, 2.45) is 0 Å². The lowest BCUT2D eigenvalue weighted by atomic mass is 9.92. The van der Waals surface area contributed by atoms with Crippen LogP contribution in [0.1, 0.15) is 12.5 Å². The predicted octanol–water partition coefficient (Wildman–Crippen LogP) is 4.12. The highest BCUT2D eigenvalue weighted by molar-refractivity contribution is 7.99. The fourth-order valence-electron chi connectivity index (χ4n) is 3.85. The minimum Gasteiger partial charge on any atom is -0.333 e. The van der Waals surface area contributed by atoms with E-state index in [0.717, 1.165) is 26.0 Å². The van der Waals surface area contributed by atoms with E-state index < -0.39 is 23.4 Å². The average molecular weight is 472 g/mol. The highest BCUT2D eigenvalue weighted by atomic mass is 32.2. The summed E-state index contributed by atoms with van der Waals surface area (Å²) in [6.45, 7) is 1.27. The maximum atomic E-state index is 13.0. The molecule has 9 heteroatoms. The summed E-state index contributed by atoms with van der Waals surface area (Å²) in [6.07, 6.45) is 0. The average Bonchev–Trinajstić information content (AvgIpc) is 3.34. The molecular formula is C25H21N5O3S. The number of carbonyl (C=O) groups is 3. The van der Waals surface area contributed by atoms with Crippen LogP contribution in [0.2, 0.25) is 0 Å². The van der Waals surface area contributed by atoms with E-state index in [4.69, 9.17) is 0 Å². The molecule has 0 unspecified atom stereocenters. The summed E-state index contributed by atoms with van der Waals surface area (Å²) in [5.41, 5.74) is 1.90. The van der Waals surface area contributed by atoms with Crippen LogP contribution >= 0.6 is 11.8 Å². The largest absolute Gasteiger partial charge is 0.333 e. The Kier molecular flexibility index (Phi) is 5.54. The van der Waals surface area contributed by atoms with Crippen LogP contribution in [0.5, 0.6) is 0 Å². The first kappa shape index (κ1) is 21.7. The van der Waals surface area contributed by atoms with E-state index in [9.17, 15) is 14.4 Å². The number of para-hydroxylation sites is 2. The number of rotatable bonds is 6. The first-order valence-electron chi connectivity index (χ1n) is 10.6. The van der Waals surface area contributed by atoms with Crippen molar-refractivity contribution in [1.82, 2.24) is 20.2 Å². The Morgan fingerprint density at radius 3 is 2.44 bits per heavy atom. The van der Waals surface area contributed by atoms with E-state index in [0.29, 0.717) is 11.3 Å². The Morgan fingerprint density at radius 2 is 1.71 bits per heavy atom. The van der Waals surface area contributed by atoms with Gasteiger partial charge in [0.25, 0.3) is 5.91 Å². The molecular weight excluding hydrogens is 450 g/mol. The molecule has 5 rings (SSSR count). The molecule has 8 nitrogen and oxygen atoms in total. The number of nitrogens with one attached hydrogen (secondary N) is 3. The lowest BCUT2D eigenvalue weighted by molar-refractivity contribution is -0.133. The number of nitrogens with zero attached hydrogens (tertiary/aromatic N) is 2. The van der Waals surface area contributed by atoms with Gasteiger partial charge in [0.1, 0.15) is 12.1 Å². The summed E-state index contributed by atoms with van der Waals surface area (Å²) < 4.78 is 0. The number of amides is 4. The molecule has 1 aliphatic heterocycles. The van der Waals surface area contributed by atoms with Gasteiger partial charge in [-0.2, -0.15) is 0 Å². The summed E-state index contributed by atoms with van der Waals surface area (Å²) in [5.74, 6) is -0.921. The van der Waals surface area contributed by atoms with E-state index >= 15 is 0 Å². The van der Waals surface area contributed by atoms with Crippen LogP contribution in [0.4, 0.5) is 10.5 Å². The Balaban J connectivity index is 1.21. The van der Waals surface area contributed by atoms with Crippen molar-refractivity contribution >= 4 is 46.3 Å². The Morgan fingerprint density at radius 1 is 1.00 bits per heavy atom. The monoisotopic (exact) mass is 471 g/mol. The van der Waals surface area contributed by atoms with Crippen molar-refractivity contribution in [2.75, 3.05) is 11.9 Å². The third kappa shape index (κ3) is 4.13. The number of anilines is 1. The third-order valence-electron chi connectivity index (χ3n) is 5.65. The summed E-state index contributed by atoms with van der Waals surface area (Å²) in [6, 6.07) is 23.5. The number of H-pyrrole nitrogens is 1. The van der Waals surface area contributed by atoms with Crippen molar-refractivity contribution in [3.8, 4) is 0 Å². The van der Waals surface area contributed by atoms with Gasteiger partial charge in [0.2, 0.25) is 5.91 Å². The summed E-state index contributed by atoms with van der Waals surface area (Å²) in [5, 5.41) is 6.22. The molecule has 2 heterocycles. The van der Waals surface area contributed by atoms with Crippen LogP contribution in [-0.4, -0.2) is 39.3 Å². The Labute approximate surface area is 199 Å². The molecule has 4 amide bonds. The zero-order valence-electron chi connectivity index (χ0n) is 18.2. The standard InChI is InChI=1S/C25H21N5O3S/c1-25(16-7-3-2-4-8-16)22(32)30(24(33)29-25)15-21(31)26-17-11-13-18(14-12-17)34-23-27-19-9-5-6-10-20(19)28-23/h2-14H,15H2,1H3,(H,26,31)(H,27,28)(H,29,33)/t25-/m1/s1. The molecule has 170 valence electrons. The van der Waals surface area contributed by atoms with E-state index in [2.05, 4.69) is 20.6 Å². The zero-order chi connectivity index (χ0) is 23.7. The molecule has 1 fully saturated rings. The molecule has 34 heavy (non-hydrogen) atoms. The number of imide groups is 1. The van der Waals surface area contributed by atoms with Gasteiger partial charge in [-0.25, -0.2) is 9.78 Å². The molecule has 1 aromatic heterocycles. The minimum absolute atomic E-state index is 0.372. The quantitative estimate of drug-likeness (QED) is 0.367. The van der Waals surface area contributed by atoms with Crippen LogP contribution in [0, 0.1) is 0 Å².